The summed E-state index contributed by atoms with van der Waals surface area (Å²) >= 11 is 0. The van der Waals surface area contributed by atoms with Crippen molar-refractivity contribution in [2.75, 3.05) is 26.2 Å². The number of benzene rings is 1. The smallest absolute Gasteiger partial charge is 0.241 e. The summed E-state index contributed by atoms with van der Waals surface area (Å²) < 4.78 is 0. The molecule has 1 atom stereocenters. The van der Waals surface area contributed by atoms with E-state index in [4.69, 9.17) is 5.73 Å². The molecule has 1 aromatic carbocycles. The van der Waals surface area contributed by atoms with E-state index in [2.05, 4.69) is 24.1 Å². The summed E-state index contributed by atoms with van der Waals surface area (Å²) in [6.07, 6.45) is 0.953. The van der Waals surface area contributed by atoms with E-state index in [0.29, 0.717) is 6.54 Å². The molecule has 1 amide bonds. The van der Waals surface area contributed by atoms with Crippen LogP contribution in [0.1, 0.15) is 31.9 Å². The average Bonchev–Trinajstić information content (AvgIpc) is 2.47. The highest BCUT2D eigenvalue weighted by Gasteiger charge is 2.14. The summed E-state index contributed by atoms with van der Waals surface area (Å²) in [5.74, 6) is -0.106. The quantitative estimate of drug-likeness (QED) is 0.699. The maximum absolute atomic E-state index is 11.9. The molecule has 4 nitrogen and oxygen atoms in total. The molecule has 3 N–H and O–H groups in total. The zero-order valence-electron chi connectivity index (χ0n) is 11.9. The topological polar surface area (TPSA) is 58.4 Å². The molecule has 19 heavy (non-hydrogen) atoms. The Morgan fingerprint density at radius 2 is 1.89 bits per heavy atom. The van der Waals surface area contributed by atoms with E-state index in [9.17, 15) is 4.79 Å². The van der Waals surface area contributed by atoms with Crippen LogP contribution in [0, 0.1) is 0 Å². The first kappa shape index (κ1) is 15.7. The zero-order valence-corrected chi connectivity index (χ0v) is 11.9. The summed E-state index contributed by atoms with van der Waals surface area (Å²) in [6, 6.07) is 8.87. The van der Waals surface area contributed by atoms with Gasteiger partial charge in [0.2, 0.25) is 5.91 Å². The minimum Gasteiger partial charge on any atom is -0.354 e. The van der Waals surface area contributed by atoms with Crippen LogP contribution in [0.25, 0.3) is 0 Å². The molecule has 4 heteroatoms. The lowest BCUT2D eigenvalue weighted by Gasteiger charge is -2.18. The van der Waals surface area contributed by atoms with Gasteiger partial charge in [-0.3, -0.25) is 4.79 Å². The molecule has 106 valence electrons. The monoisotopic (exact) mass is 263 g/mol. The fraction of sp³-hybridized carbons (Fsp3) is 0.533. The number of carbonyl (C=O) groups excluding carboxylic acids is 1. The van der Waals surface area contributed by atoms with E-state index in [1.165, 1.54) is 0 Å². The van der Waals surface area contributed by atoms with E-state index in [1.807, 2.05) is 30.3 Å². The molecule has 0 radical (unpaired) electrons. The third kappa shape index (κ3) is 5.41. The normalized spacial score (nSPS) is 12.4. The number of hydrogen-bond donors (Lipinski definition) is 2. The Bertz CT molecular complexity index is 363. The molecule has 0 unspecified atom stereocenters. The third-order valence-corrected chi connectivity index (χ3v) is 3.29. The first-order valence-corrected chi connectivity index (χ1v) is 6.99. The van der Waals surface area contributed by atoms with Crippen molar-refractivity contribution < 1.29 is 4.79 Å². The molecule has 0 heterocycles. The minimum absolute atomic E-state index is 0.106. The van der Waals surface area contributed by atoms with E-state index >= 15 is 0 Å². The van der Waals surface area contributed by atoms with Gasteiger partial charge in [0.25, 0.3) is 0 Å². The summed E-state index contributed by atoms with van der Waals surface area (Å²) in [5, 5.41) is 2.89. The number of nitrogens with one attached hydrogen (secondary N) is 1. The molecule has 0 aliphatic heterocycles. The van der Waals surface area contributed by atoms with Gasteiger partial charge in [0, 0.05) is 6.54 Å². The Morgan fingerprint density at radius 1 is 1.26 bits per heavy atom. The van der Waals surface area contributed by atoms with Crippen molar-refractivity contribution in [3.8, 4) is 0 Å². The van der Waals surface area contributed by atoms with E-state index in [-0.39, 0.29) is 5.91 Å². The van der Waals surface area contributed by atoms with Crippen LogP contribution in [0.4, 0.5) is 0 Å². The van der Waals surface area contributed by atoms with Crippen LogP contribution in [-0.4, -0.2) is 37.0 Å². The third-order valence-electron chi connectivity index (χ3n) is 3.29. The Balaban J connectivity index is 2.28. The SMILES string of the molecule is CCN(CC)CCCNC(=O)[C@@H](N)c1ccccc1. The summed E-state index contributed by atoms with van der Waals surface area (Å²) in [5.41, 5.74) is 6.76. The van der Waals surface area contributed by atoms with Crippen molar-refractivity contribution in [3.63, 3.8) is 0 Å². The maximum atomic E-state index is 11.9. The molecule has 0 saturated heterocycles. The molecule has 1 aromatic rings. The van der Waals surface area contributed by atoms with Crippen LogP contribution in [-0.2, 0) is 4.79 Å². The lowest BCUT2D eigenvalue weighted by Crippen LogP contribution is -2.36. The van der Waals surface area contributed by atoms with Crippen molar-refractivity contribution >= 4 is 5.91 Å². The summed E-state index contributed by atoms with van der Waals surface area (Å²) in [7, 11) is 0. The highest BCUT2D eigenvalue weighted by molar-refractivity contribution is 5.82. The van der Waals surface area contributed by atoms with Gasteiger partial charge in [0.1, 0.15) is 6.04 Å². The van der Waals surface area contributed by atoms with Gasteiger partial charge in [-0.05, 0) is 31.6 Å². The first-order valence-electron chi connectivity index (χ1n) is 6.99. The fourth-order valence-electron chi connectivity index (χ4n) is 1.98. The van der Waals surface area contributed by atoms with Crippen LogP contribution >= 0.6 is 0 Å². The van der Waals surface area contributed by atoms with Gasteiger partial charge in [-0.15, -0.1) is 0 Å². The highest BCUT2D eigenvalue weighted by Crippen LogP contribution is 2.08. The van der Waals surface area contributed by atoms with E-state index in [0.717, 1.165) is 31.6 Å². The number of rotatable bonds is 8. The summed E-state index contributed by atoms with van der Waals surface area (Å²) in [4.78, 5) is 14.2. The van der Waals surface area contributed by atoms with E-state index < -0.39 is 6.04 Å². The van der Waals surface area contributed by atoms with Crippen LogP contribution in [0.3, 0.4) is 0 Å². The predicted molar refractivity (Wildman–Crippen MR) is 78.8 cm³/mol. The standard InChI is InChI=1S/C15H25N3O/c1-3-18(4-2)12-8-11-17-15(19)14(16)13-9-6-5-7-10-13/h5-7,9-10,14H,3-4,8,11-12,16H2,1-2H3,(H,17,19)/t14-/m0/s1. The first-order chi connectivity index (χ1) is 9.19. The zero-order chi connectivity index (χ0) is 14.1. The molecule has 1 rings (SSSR count). The molecule has 0 saturated carbocycles. The van der Waals surface area contributed by atoms with Crippen LogP contribution in [0.15, 0.2) is 30.3 Å². The Kier molecular flexibility index (Phi) is 7.15. The Morgan fingerprint density at radius 3 is 2.47 bits per heavy atom. The van der Waals surface area contributed by atoms with Gasteiger partial charge in [-0.2, -0.15) is 0 Å². The van der Waals surface area contributed by atoms with Crippen molar-refractivity contribution in [2.45, 2.75) is 26.3 Å². The molecular weight excluding hydrogens is 238 g/mol. The molecule has 0 aromatic heterocycles. The molecule has 0 bridgehead atoms. The van der Waals surface area contributed by atoms with E-state index in [1.54, 1.807) is 0 Å². The van der Waals surface area contributed by atoms with Crippen molar-refractivity contribution in [1.82, 2.24) is 10.2 Å². The second-order valence-electron chi connectivity index (χ2n) is 4.56. The fourth-order valence-corrected chi connectivity index (χ4v) is 1.98. The van der Waals surface area contributed by atoms with Gasteiger partial charge >= 0.3 is 0 Å². The molecule has 0 aliphatic carbocycles. The molecular formula is C15H25N3O. The largest absolute Gasteiger partial charge is 0.354 e. The van der Waals surface area contributed by atoms with Gasteiger partial charge in [0.05, 0.1) is 0 Å². The van der Waals surface area contributed by atoms with Crippen LogP contribution in [0.2, 0.25) is 0 Å². The average molecular weight is 263 g/mol. The summed E-state index contributed by atoms with van der Waals surface area (Å²) in [6.45, 7) is 8.08. The Hall–Kier alpha value is -1.39. The second kappa shape index (κ2) is 8.67. The van der Waals surface area contributed by atoms with Crippen molar-refractivity contribution in [1.29, 1.82) is 0 Å². The van der Waals surface area contributed by atoms with Gasteiger partial charge in [-0.25, -0.2) is 0 Å². The van der Waals surface area contributed by atoms with Crippen molar-refractivity contribution in [2.24, 2.45) is 5.73 Å². The lowest BCUT2D eigenvalue weighted by molar-refractivity contribution is -0.122. The Labute approximate surface area is 116 Å². The number of amides is 1. The van der Waals surface area contributed by atoms with Gasteiger partial charge in [-0.1, -0.05) is 44.2 Å². The number of carbonyl (C=O) groups is 1. The van der Waals surface area contributed by atoms with Crippen molar-refractivity contribution in [3.05, 3.63) is 35.9 Å². The number of hydrogen-bond acceptors (Lipinski definition) is 3. The predicted octanol–water partition coefficient (Wildman–Crippen LogP) is 1.53. The molecule has 0 fully saturated rings. The maximum Gasteiger partial charge on any atom is 0.241 e. The lowest BCUT2D eigenvalue weighted by atomic mass is 10.1. The van der Waals surface area contributed by atoms with Crippen LogP contribution < -0.4 is 11.1 Å². The second-order valence-corrected chi connectivity index (χ2v) is 4.56. The van der Waals surface area contributed by atoms with Crippen LogP contribution in [0.5, 0.6) is 0 Å². The van der Waals surface area contributed by atoms with Gasteiger partial charge in [0.15, 0.2) is 0 Å². The minimum atomic E-state index is -0.574. The molecule has 0 spiro atoms. The number of nitrogens with two attached hydrogens (primary N) is 1. The molecule has 0 aliphatic rings. The number of nitrogens with zero attached hydrogens (tertiary/aromatic N) is 1. The van der Waals surface area contributed by atoms with Gasteiger partial charge < -0.3 is 16.0 Å². The highest BCUT2D eigenvalue weighted by atomic mass is 16.2.